The third kappa shape index (κ3) is 2.41. The summed E-state index contributed by atoms with van der Waals surface area (Å²) in [5, 5.41) is 5.32. The maximum Gasteiger partial charge on any atom is 0.129 e. The topological polar surface area (TPSA) is 43.8 Å². The van der Waals surface area contributed by atoms with E-state index >= 15 is 0 Å². The zero-order valence-corrected chi connectivity index (χ0v) is 12.7. The lowest BCUT2D eigenvalue weighted by Crippen LogP contribution is -1.97. The van der Waals surface area contributed by atoms with Crippen molar-refractivity contribution in [2.75, 3.05) is 5.73 Å². The Morgan fingerprint density at radius 3 is 2.48 bits per heavy atom. The maximum absolute atomic E-state index is 6.23. The summed E-state index contributed by atoms with van der Waals surface area (Å²) in [5.41, 5.74) is 11.3. The fourth-order valence-electron chi connectivity index (χ4n) is 2.51. The van der Waals surface area contributed by atoms with Crippen LogP contribution in [-0.2, 0) is 7.05 Å². The van der Waals surface area contributed by atoms with Crippen LogP contribution in [0.2, 0.25) is 5.02 Å². The van der Waals surface area contributed by atoms with Gasteiger partial charge in [0.1, 0.15) is 11.5 Å². The molecule has 0 atom stereocenters. The average molecular weight is 298 g/mol. The summed E-state index contributed by atoms with van der Waals surface area (Å²) in [6, 6.07) is 15.9. The van der Waals surface area contributed by atoms with Crippen molar-refractivity contribution in [3.8, 4) is 22.4 Å². The van der Waals surface area contributed by atoms with Gasteiger partial charge in [0.25, 0.3) is 0 Å². The van der Waals surface area contributed by atoms with Crippen LogP contribution in [0.25, 0.3) is 22.4 Å². The van der Waals surface area contributed by atoms with Crippen molar-refractivity contribution in [2.45, 2.75) is 6.92 Å². The summed E-state index contributed by atoms with van der Waals surface area (Å²) >= 11 is 6.05. The van der Waals surface area contributed by atoms with E-state index in [-0.39, 0.29) is 0 Å². The van der Waals surface area contributed by atoms with Gasteiger partial charge in [-0.3, -0.25) is 4.68 Å². The molecule has 0 aliphatic heterocycles. The van der Waals surface area contributed by atoms with Crippen LogP contribution in [0, 0.1) is 6.92 Å². The molecule has 0 saturated heterocycles. The molecule has 1 heterocycles. The van der Waals surface area contributed by atoms with Gasteiger partial charge in [-0.15, -0.1) is 0 Å². The molecule has 0 radical (unpaired) electrons. The quantitative estimate of drug-likeness (QED) is 0.766. The number of benzene rings is 2. The van der Waals surface area contributed by atoms with Gasteiger partial charge < -0.3 is 5.73 Å². The Hall–Kier alpha value is -2.26. The number of hydrogen-bond donors (Lipinski definition) is 1. The Morgan fingerprint density at radius 1 is 1.10 bits per heavy atom. The first kappa shape index (κ1) is 13.7. The molecule has 3 nitrogen and oxygen atoms in total. The summed E-state index contributed by atoms with van der Waals surface area (Å²) in [5.74, 6) is 0.658. The van der Waals surface area contributed by atoms with Gasteiger partial charge in [-0.25, -0.2) is 0 Å². The largest absolute Gasteiger partial charge is 0.383 e. The van der Waals surface area contributed by atoms with Crippen LogP contribution in [0.15, 0.2) is 48.5 Å². The molecule has 21 heavy (non-hydrogen) atoms. The molecule has 0 amide bonds. The first-order chi connectivity index (χ1) is 10.1. The minimum Gasteiger partial charge on any atom is -0.383 e. The molecule has 0 bridgehead atoms. The number of nitrogens with two attached hydrogens (primary N) is 1. The van der Waals surface area contributed by atoms with Crippen LogP contribution >= 0.6 is 11.6 Å². The average Bonchev–Trinajstić information content (AvgIpc) is 2.75. The Kier molecular flexibility index (Phi) is 3.43. The normalized spacial score (nSPS) is 10.8. The van der Waals surface area contributed by atoms with Crippen LogP contribution in [0.1, 0.15) is 5.56 Å². The van der Waals surface area contributed by atoms with Crippen molar-refractivity contribution in [1.82, 2.24) is 9.78 Å². The highest BCUT2D eigenvalue weighted by atomic mass is 35.5. The number of hydrogen-bond acceptors (Lipinski definition) is 2. The molecule has 0 fully saturated rings. The lowest BCUT2D eigenvalue weighted by Gasteiger charge is -2.07. The molecule has 106 valence electrons. The van der Waals surface area contributed by atoms with Gasteiger partial charge in [0.2, 0.25) is 0 Å². The summed E-state index contributed by atoms with van der Waals surface area (Å²) < 4.78 is 1.71. The second kappa shape index (κ2) is 5.26. The molecule has 3 rings (SSSR count). The SMILES string of the molecule is Cc1cc(Cl)ccc1-c1nn(C)c(N)c1-c1ccccc1. The van der Waals surface area contributed by atoms with E-state index < -0.39 is 0 Å². The highest BCUT2D eigenvalue weighted by Gasteiger charge is 2.18. The van der Waals surface area contributed by atoms with Crippen molar-refractivity contribution >= 4 is 17.4 Å². The fourth-order valence-corrected chi connectivity index (χ4v) is 2.73. The van der Waals surface area contributed by atoms with E-state index in [1.807, 2.05) is 62.5 Å². The number of aryl methyl sites for hydroxylation is 2. The predicted molar refractivity (Wildman–Crippen MR) is 88.2 cm³/mol. The standard InChI is InChI=1S/C17H16ClN3/c1-11-10-13(18)8-9-14(11)16-15(17(19)21(2)20-16)12-6-4-3-5-7-12/h3-10H,19H2,1-2H3. The van der Waals surface area contributed by atoms with Gasteiger partial charge in [0, 0.05) is 17.6 Å². The molecule has 0 aliphatic carbocycles. The van der Waals surface area contributed by atoms with Crippen LogP contribution in [0.3, 0.4) is 0 Å². The van der Waals surface area contributed by atoms with Crippen molar-refractivity contribution in [3.05, 3.63) is 59.1 Å². The molecular formula is C17H16ClN3. The zero-order chi connectivity index (χ0) is 15.0. The first-order valence-corrected chi connectivity index (χ1v) is 7.10. The number of nitrogen functional groups attached to an aromatic ring is 1. The highest BCUT2D eigenvalue weighted by molar-refractivity contribution is 6.30. The highest BCUT2D eigenvalue weighted by Crippen LogP contribution is 2.37. The lowest BCUT2D eigenvalue weighted by atomic mass is 9.98. The zero-order valence-electron chi connectivity index (χ0n) is 12.0. The molecule has 2 N–H and O–H groups in total. The van der Waals surface area contributed by atoms with E-state index in [1.165, 1.54) is 0 Å². The molecule has 3 aromatic rings. The lowest BCUT2D eigenvalue weighted by molar-refractivity contribution is 0.782. The molecule has 4 heteroatoms. The van der Waals surface area contributed by atoms with E-state index in [0.717, 1.165) is 33.0 Å². The summed E-state index contributed by atoms with van der Waals surface area (Å²) in [7, 11) is 1.86. The number of nitrogens with zero attached hydrogens (tertiary/aromatic N) is 2. The van der Waals surface area contributed by atoms with Crippen molar-refractivity contribution in [2.24, 2.45) is 7.05 Å². The minimum absolute atomic E-state index is 0.658. The van der Waals surface area contributed by atoms with Crippen LogP contribution < -0.4 is 5.73 Å². The van der Waals surface area contributed by atoms with Gasteiger partial charge in [0.05, 0.1) is 5.56 Å². The summed E-state index contributed by atoms with van der Waals surface area (Å²) in [4.78, 5) is 0. The fraction of sp³-hybridized carbons (Fsp3) is 0.118. The molecule has 0 aliphatic rings. The molecule has 1 aromatic heterocycles. The van der Waals surface area contributed by atoms with Gasteiger partial charge in [0.15, 0.2) is 0 Å². The Balaban J connectivity index is 2.27. The summed E-state index contributed by atoms with van der Waals surface area (Å²) in [6.07, 6.45) is 0. The number of halogens is 1. The predicted octanol–water partition coefficient (Wildman–Crippen LogP) is 4.30. The van der Waals surface area contributed by atoms with Crippen molar-refractivity contribution < 1.29 is 0 Å². The second-order valence-corrected chi connectivity index (χ2v) is 5.49. The van der Waals surface area contributed by atoms with Crippen LogP contribution in [0.5, 0.6) is 0 Å². The first-order valence-electron chi connectivity index (χ1n) is 6.72. The maximum atomic E-state index is 6.23. The molecule has 2 aromatic carbocycles. The minimum atomic E-state index is 0.658. The molecule has 0 saturated carbocycles. The van der Waals surface area contributed by atoms with E-state index in [4.69, 9.17) is 17.3 Å². The van der Waals surface area contributed by atoms with Gasteiger partial charge in [-0.05, 0) is 30.2 Å². The van der Waals surface area contributed by atoms with Crippen molar-refractivity contribution in [3.63, 3.8) is 0 Å². The molecular weight excluding hydrogens is 282 g/mol. The monoisotopic (exact) mass is 297 g/mol. The van der Waals surface area contributed by atoms with E-state index in [9.17, 15) is 0 Å². The summed E-state index contributed by atoms with van der Waals surface area (Å²) in [6.45, 7) is 2.03. The van der Waals surface area contributed by atoms with E-state index in [1.54, 1.807) is 4.68 Å². The third-order valence-corrected chi connectivity index (χ3v) is 3.83. The van der Waals surface area contributed by atoms with Crippen LogP contribution in [-0.4, -0.2) is 9.78 Å². The Labute approximate surface area is 129 Å². The second-order valence-electron chi connectivity index (χ2n) is 5.06. The number of aromatic nitrogens is 2. The Bertz CT molecular complexity index is 791. The van der Waals surface area contributed by atoms with Gasteiger partial charge >= 0.3 is 0 Å². The van der Waals surface area contributed by atoms with Crippen LogP contribution in [0.4, 0.5) is 5.82 Å². The smallest absolute Gasteiger partial charge is 0.129 e. The van der Waals surface area contributed by atoms with Gasteiger partial charge in [-0.2, -0.15) is 5.10 Å². The van der Waals surface area contributed by atoms with Gasteiger partial charge in [-0.1, -0.05) is 48.0 Å². The Morgan fingerprint density at radius 2 is 1.81 bits per heavy atom. The van der Waals surface area contributed by atoms with E-state index in [0.29, 0.717) is 5.82 Å². The number of rotatable bonds is 2. The van der Waals surface area contributed by atoms with Crippen molar-refractivity contribution in [1.29, 1.82) is 0 Å². The molecule has 0 unspecified atom stereocenters. The van der Waals surface area contributed by atoms with E-state index in [2.05, 4.69) is 5.10 Å². The number of anilines is 1. The molecule has 0 spiro atoms. The third-order valence-electron chi connectivity index (χ3n) is 3.60.